The quantitative estimate of drug-likeness (QED) is 0.461. The normalized spacial score (nSPS) is 35.5. The van der Waals surface area contributed by atoms with Crippen molar-refractivity contribution >= 4 is 5.97 Å². The molecule has 7 nitrogen and oxygen atoms in total. The summed E-state index contributed by atoms with van der Waals surface area (Å²) in [6.07, 6.45) is -7.58. The zero-order chi connectivity index (χ0) is 14.9. The minimum atomic E-state index is -1.71. The Kier molecular flexibility index (Phi) is 4.36. The number of carboxylic acid groups (broad SMARTS) is 1. The summed E-state index contributed by atoms with van der Waals surface area (Å²) in [7, 11) is 0. The van der Waals surface area contributed by atoms with Gasteiger partial charge in [0.15, 0.2) is 6.10 Å². The number of carboxylic acids is 1. The van der Waals surface area contributed by atoms with Crippen molar-refractivity contribution in [1.29, 1.82) is 0 Å². The highest BCUT2D eigenvalue weighted by Crippen LogP contribution is 2.28. The maximum Gasteiger partial charge on any atom is 0.335 e. The van der Waals surface area contributed by atoms with Crippen LogP contribution in [0.25, 0.3) is 0 Å². The molecule has 0 aromatic heterocycles. The van der Waals surface area contributed by atoms with Crippen LogP contribution in [0.1, 0.15) is 11.6 Å². The third kappa shape index (κ3) is 2.67. The summed E-state index contributed by atoms with van der Waals surface area (Å²) in [4.78, 5) is 11.0. The molecule has 1 aliphatic heterocycles. The number of benzene rings is 1. The van der Waals surface area contributed by atoms with Crippen molar-refractivity contribution in [3.63, 3.8) is 0 Å². The third-order valence-electron chi connectivity index (χ3n) is 3.43. The fraction of sp³-hybridized carbons (Fsp3) is 0.462. The van der Waals surface area contributed by atoms with Gasteiger partial charge in [0.1, 0.15) is 24.4 Å². The average Bonchev–Trinajstić information content (AvgIpc) is 2.45. The van der Waals surface area contributed by atoms with Gasteiger partial charge in [0, 0.05) is 0 Å². The van der Waals surface area contributed by atoms with Gasteiger partial charge in [-0.3, -0.25) is 0 Å². The van der Waals surface area contributed by atoms with Crippen LogP contribution < -0.4 is 5.73 Å². The highest BCUT2D eigenvalue weighted by atomic mass is 16.6. The van der Waals surface area contributed by atoms with E-state index in [1.807, 2.05) is 0 Å². The first-order valence-corrected chi connectivity index (χ1v) is 6.16. The molecule has 2 rings (SSSR count). The third-order valence-corrected chi connectivity index (χ3v) is 3.43. The van der Waals surface area contributed by atoms with E-state index in [4.69, 9.17) is 15.6 Å². The first-order chi connectivity index (χ1) is 9.43. The maximum atomic E-state index is 11.0. The zero-order valence-corrected chi connectivity index (χ0v) is 10.5. The fourth-order valence-electron chi connectivity index (χ4n) is 2.27. The fourth-order valence-corrected chi connectivity index (χ4v) is 2.27. The molecule has 0 spiro atoms. The van der Waals surface area contributed by atoms with Crippen LogP contribution >= 0.6 is 0 Å². The van der Waals surface area contributed by atoms with Gasteiger partial charge in [0.05, 0.1) is 6.04 Å². The second kappa shape index (κ2) is 5.86. The minimum absolute atomic E-state index is 0.629. The van der Waals surface area contributed by atoms with Gasteiger partial charge in [0.2, 0.25) is 0 Å². The monoisotopic (exact) mass is 283 g/mol. The number of aliphatic hydroxyl groups is 3. The maximum absolute atomic E-state index is 11.0. The van der Waals surface area contributed by atoms with Gasteiger partial charge in [0.25, 0.3) is 0 Å². The van der Waals surface area contributed by atoms with Gasteiger partial charge in [-0.1, -0.05) is 30.3 Å². The van der Waals surface area contributed by atoms with Gasteiger partial charge in [-0.2, -0.15) is 0 Å². The molecule has 0 aliphatic carbocycles. The van der Waals surface area contributed by atoms with Gasteiger partial charge in [-0.25, -0.2) is 4.79 Å². The van der Waals surface area contributed by atoms with E-state index in [0.29, 0.717) is 5.56 Å². The van der Waals surface area contributed by atoms with E-state index >= 15 is 0 Å². The number of hydrogen-bond acceptors (Lipinski definition) is 6. The van der Waals surface area contributed by atoms with Crippen molar-refractivity contribution in [3.8, 4) is 0 Å². The van der Waals surface area contributed by atoms with E-state index in [0.717, 1.165) is 0 Å². The summed E-state index contributed by atoms with van der Waals surface area (Å²) in [5.41, 5.74) is 6.59. The molecule has 1 aliphatic rings. The highest BCUT2D eigenvalue weighted by Gasteiger charge is 2.48. The predicted molar refractivity (Wildman–Crippen MR) is 67.7 cm³/mol. The number of nitrogens with two attached hydrogens (primary N) is 1. The number of hydrogen-bond donors (Lipinski definition) is 5. The Balaban J connectivity index is 2.24. The minimum Gasteiger partial charge on any atom is -0.479 e. The number of aliphatic hydroxyl groups excluding tert-OH is 3. The molecule has 7 heteroatoms. The Labute approximate surface area is 115 Å². The molecule has 20 heavy (non-hydrogen) atoms. The van der Waals surface area contributed by atoms with Gasteiger partial charge in [-0.05, 0) is 5.56 Å². The first kappa shape index (κ1) is 14.9. The largest absolute Gasteiger partial charge is 0.479 e. The number of ether oxygens (including phenoxy) is 1. The molecule has 1 saturated heterocycles. The van der Waals surface area contributed by atoms with Crippen molar-refractivity contribution in [2.24, 2.45) is 5.73 Å². The van der Waals surface area contributed by atoms with Crippen LogP contribution in [0.15, 0.2) is 30.3 Å². The SMILES string of the molecule is N[C@@H](c1ccccc1)[C@@H]1O[C@H](C(=O)O)[C@@H](O)[C@H](O)[C@H]1O. The molecule has 1 fully saturated rings. The number of aliphatic carboxylic acids is 1. The Morgan fingerprint density at radius 1 is 1.10 bits per heavy atom. The lowest BCUT2D eigenvalue weighted by Gasteiger charge is -2.41. The lowest BCUT2D eigenvalue weighted by molar-refractivity contribution is -0.231. The van der Waals surface area contributed by atoms with E-state index in [9.17, 15) is 20.1 Å². The van der Waals surface area contributed by atoms with Crippen LogP contribution in [-0.4, -0.2) is 56.9 Å². The van der Waals surface area contributed by atoms with Crippen molar-refractivity contribution in [1.82, 2.24) is 0 Å². The molecule has 0 saturated carbocycles. The van der Waals surface area contributed by atoms with Crippen molar-refractivity contribution in [2.45, 2.75) is 36.6 Å². The standard InChI is InChI=1S/C13H17NO6/c14-7(6-4-2-1-3-5-6)11-9(16)8(15)10(17)12(20-11)13(18)19/h1-5,7-12,15-17H,14H2,(H,18,19)/t7-,8+,9+,10-,11-,12-/m0/s1. The molecular formula is C13H17NO6. The van der Waals surface area contributed by atoms with E-state index in [-0.39, 0.29) is 0 Å². The van der Waals surface area contributed by atoms with Crippen LogP contribution in [0.5, 0.6) is 0 Å². The Bertz CT molecular complexity index is 467. The van der Waals surface area contributed by atoms with Crippen molar-refractivity contribution in [2.75, 3.05) is 0 Å². The topological polar surface area (TPSA) is 133 Å². The molecule has 1 aromatic carbocycles. The molecule has 0 bridgehead atoms. The van der Waals surface area contributed by atoms with Gasteiger partial charge < -0.3 is 30.9 Å². The Morgan fingerprint density at radius 2 is 1.70 bits per heavy atom. The molecular weight excluding hydrogens is 266 g/mol. The summed E-state index contributed by atoms with van der Waals surface area (Å²) in [6, 6.07) is 7.85. The summed E-state index contributed by atoms with van der Waals surface area (Å²) in [5.74, 6) is -1.42. The van der Waals surface area contributed by atoms with E-state index in [1.165, 1.54) is 0 Å². The Morgan fingerprint density at radius 3 is 2.25 bits per heavy atom. The lowest BCUT2D eigenvalue weighted by atomic mass is 9.89. The lowest BCUT2D eigenvalue weighted by Crippen LogP contribution is -2.61. The summed E-state index contributed by atoms with van der Waals surface area (Å²) < 4.78 is 5.17. The molecule has 0 amide bonds. The highest BCUT2D eigenvalue weighted by molar-refractivity contribution is 5.73. The van der Waals surface area contributed by atoms with Gasteiger partial charge in [-0.15, -0.1) is 0 Å². The summed E-state index contributed by atoms with van der Waals surface area (Å²) in [5, 5.41) is 38.2. The predicted octanol–water partition coefficient (Wildman–Crippen LogP) is -1.38. The first-order valence-electron chi connectivity index (χ1n) is 6.16. The summed E-state index contributed by atoms with van der Waals surface area (Å²) >= 11 is 0. The van der Waals surface area contributed by atoms with Gasteiger partial charge >= 0.3 is 5.97 Å². The molecule has 0 unspecified atom stereocenters. The number of rotatable bonds is 3. The van der Waals surface area contributed by atoms with E-state index in [1.54, 1.807) is 30.3 Å². The second-order valence-electron chi connectivity index (χ2n) is 4.77. The molecule has 110 valence electrons. The molecule has 1 aromatic rings. The van der Waals surface area contributed by atoms with Crippen molar-refractivity contribution in [3.05, 3.63) is 35.9 Å². The average molecular weight is 283 g/mol. The second-order valence-corrected chi connectivity index (χ2v) is 4.77. The van der Waals surface area contributed by atoms with Crippen LogP contribution in [0.2, 0.25) is 0 Å². The van der Waals surface area contributed by atoms with E-state index < -0.39 is 42.5 Å². The summed E-state index contributed by atoms with van der Waals surface area (Å²) in [6.45, 7) is 0. The molecule has 0 radical (unpaired) electrons. The van der Waals surface area contributed by atoms with Crippen LogP contribution in [0.4, 0.5) is 0 Å². The van der Waals surface area contributed by atoms with Crippen LogP contribution in [0.3, 0.4) is 0 Å². The Hall–Kier alpha value is -1.51. The smallest absolute Gasteiger partial charge is 0.335 e. The van der Waals surface area contributed by atoms with Crippen LogP contribution in [0, 0.1) is 0 Å². The zero-order valence-electron chi connectivity index (χ0n) is 10.5. The van der Waals surface area contributed by atoms with E-state index in [2.05, 4.69) is 0 Å². The van der Waals surface area contributed by atoms with Crippen molar-refractivity contribution < 1.29 is 30.0 Å². The van der Waals surface area contributed by atoms with Crippen LogP contribution in [-0.2, 0) is 9.53 Å². The number of carbonyl (C=O) groups is 1. The molecule has 6 N–H and O–H groups in total. The molecule has 6 atom stereocenters. The molecule has 1 heterocycles.